The van der Waals surface area contributed by atoms with Crippen LogP contribution in [0.15, 0.2) is 59.7 Å². The molecule has 3 rings (SSSR count). The molecule has 0 aliphatic heterocycles. The zero-order valence-corrected chi connectivity index (χ0v) is 28.4. The van der Waals surface area contributed by atoms with Crippen LogP contribution in [0.25, 0.3) is 0 Å². The summed E-state index contributed by atoms with van der Waals surface area (Å²) in [7, 11) is -3.25. The molecule has 0 radical (unpaired) electrons. The predicted octanol–water partition coefficient (Wildman–Crippen LogP) is 6.95. The number of sulfone groups is 1. The minimum Gasteiger partial charge on any atom is -0.489 e. The van der Waals surface area contributed by atoms with Gasteiger partial charge in [0.05, 0.1) is 23.6 Å². The lowest BCUT2D eigenvalue weighted by Gasteiger charge is -2.34. The molecule has 0 spiro atoms. The van der Waals surface area contributed by atoms with E-state index in [1.165, 1.54) is 38.0 Å². The summed E-state index contributed by atoms with van der Waals surface area (Å²) in [6.07, 6.45) is 4.70. The first-order valence-electron chi connectivity index (χ1n) is 15.8. The molecule has 254 valence electrons. The fraction of sp³-hybridized carbons (Fsp3) is 0.529. The van der Waals surface area contributed by atoms with E-state index < -0.39 is 27.6 Å². The standard InChI is InChI=1S/C34H48F3N5O3S/c1-7-31-14-13-28(33(40-31)41(8-2)22-27-11-9-10-12-27)23-42(25(4)29-17-24(3)18-30(19-29)34(35,36)37)26(5)39-21-32(20-38)45-15-16-46(6,43)44/h13-14,17-21,25,27H,5,7-12,15-16,22-23,38H2,1-4,6H3/b32-20+,39-21-. The van der Waals surface area contributed by atoms with Crippen molar-refractivity contribution in [2.45, 2.75) is 78.6 Å². The third-order valence-electron chi connectivity index (χ3n) is 8.29. The fourth-order valence-electron chi connectivity index (χ4n) is 5.66. The van der Waals surface area contributed by atoms with Crippen LogP contribution in [0.1, 0.15) is 80.4 Å². The number of hydrogen-bond acceptors (Lipinski definition) is 8. The smallest absolute Gasteiger partial charge is 0.416 e. The average Bonchev–Trinajstić information content (AvgIpc) is 3.52. The van der Waals surface area contributed by atoms with Gasteiger partial charge < -0.3 is 20.3 Å². The summed E-state index contributed by atoms with van der Waals surface area (Å²) in [4.78, 5) is 13.7. The van der Waals surface area contributed by atoms with Crippen molar-refractivity contribution in [2.75, 3.05) is 36.6 Å². The van der Waals surface area contributed by atoms with E-state index in [2.05, 4.69) is 30.3 Å². The number of pyridine rings is 1. The highest BCUT2D eigenvalue weighted by Gasteiger charge is 2.32. The summed E-state index contributed by atoms with van der Waals surface area (Å²) in [6, 6.07) is 7.49. The molecular weight excluding hydrogens is 615 g/mol. The summed E-state index contributed by atoms with van der Waals surface area (Å²) < 4.78 is 70.0. The van der Waals surface area contributed by atoms with Gasteiger partial charge in [-0.15, -0.1) is 0 Å². The summed E-state index contributed by atoms with van der Waals surface area (Å²) in [5.74, 6) is 1.64. The zero-order chi connectivity index (χ0) is 34.1. The monoisotopic (exact) mass is 663 g/mol. The van der Waals surface area contributed by atoms with Gasteiger partial charge in [0.2, 0.25) is 0 Å². The minimum atomic E-state index is -4.50. The van der Waals surface area contributed by atoms with Crippen molar-refractivity contribution in [3.05, 3.63) is 82.6 Å². The lowest BCUT2D eigenvalue weighted by Crippen LogP contribution is -2.32. The Morgan fingerprint density at radius 1 is 1.22 bits per heavy atom. The number of nitrogens with zero attached hydrogens (tertiary/aromatic N) is 4. The number of ether oxygens (including phenoxy) is 1. The fourth-order valence-corrected chi connectivity index (χ4v) is 6.05. The van der Waals surface area contributed by atoms with Crippen LogP contribution in [0.3, 0.4) is 0 Å². The summed E-state index contributed by atoms with van der Waals surface area (Å²) in [6.45, 7) is 13.6. The molecule has 1 aromatic heterocycles. The van der Waals surface area contributed by atoms with Crippen molar-refractivity contribution in [1.82, 2.24) is 9.88 Å². The van der Waals surface area contributed by atoms with E-state index in [0.717, 1.165) is 55.1 Å². The maximum absolute atomic E-state index is 13.8. The van der Waals surface area contributed by atoms with E-state index in [9.17, 15) is 21.6 Å². The highest BCUT2D eigenvalue weighted by Crippen LogP contribution is 2.36. The van der Waals surface area contributed by atoms with E-state index >= 15 is 0 Å². The lowest BCUT2D eigenvalue weighted by atomic mass is 9.99. The molecule has 1 aliphatic carbocycles. The van der Waals surface area contributed by atoms with E-state index in [0.29, 0.717) is 17.0 Å². The van der Waals surface area contributed by atoms with Crippen molar-refractivity contribution in [1.29, 1.82) is 0 Å². The maximum atomic E-state index is 13.8. The second-order valence-electron chi connectivity index (χ2n) is 12.0. The molecule has 0 bridgehead atoms. The lowest BCUT2D eigenvalue weighted by molar-refractivity contribution is -0.137. The number of rotatable bonds is 16. The Balaban J connectivity index is 2.03. The number of aromatic nitrogens is 1. The Morgan fingerprint density at radius 2 is 1.91 bits per heavy atom. The molecule has 46 heavy (non-hydrogen) atoms. The van der Waals surface area contributed by atoms with Crippen LogP contribution in [-0.2, 0) is 33.7 Å². The SMILES string of the molecule is C=C(/N=C\C(=C/N)OCCS(C)(=O)=O)N(Cc1ccc(CC)nc1N(CC)CC1CCCC1)C(C)c1cc(C)cc(C(F)(F)F)c1. The van der Waals surface area contributed by atoms with E-state index in [1.54, 1.807) is 13.0 Å². The number of alkyl halides is 3. The zero-order valence-electron chi connectivity index (χ0n) is 27.6. The average molecular weight is 664 g/mol. The summed E-state index contributed by atoms with van der Waals surface area (Å²) >= 11 is 0. The molecular formula is C34H48F3N5O3S. The first kappa shape index (κ1) is 36.9. The van der Waals surface area contributed by atoms with Gasteiger partial charge >= 0.3 is 6.18 Å². The third-order valence-corrected chi connectivity index (χ3v) is 9.20. The largest absolute Gasteiger partial charge is 0.489 e. The van der Waals surface area contributed by atoms with Gasteiger partial charge in [-0.3, -0.25) is 0 Å². The van der Waals surface area contributed by atoms with Gasteiger partial charge in [0, 0.05) is 43.3 Å². The van der Waals surface area contributed by atoms with Crippen molar-refractivity contribution >= 4 is 21.9 Å². The van der Waals surface area contributed by atoms with Gasteiger partial charge in [-0.05, 0) is 69.7 Å². The van der Waals surface area contributed by atoms with Crippen LogP contribution in [0, 0.1) is 12.8 Å². The molecule has 0 saturated heterocycles. The number of anilines is 1. The molecule has 1 atom stereocenters. The number of nitrogens with two attached hydrogens (primary N) is 1. The normalized spacial score (nSPS) is 15.3. The minimum absolute atomic E-state index is 0.114. The number of aliphatic imine (C=N–C) groups is 1. The molecule has 12 heteroatoms. The molecule has 2 N–H and O–H groups in total. The first-order chi connectivity index (χ1) is 21.6. The highest BCUT2D eigenvalue weighted by molar-refractivity contribution is 7.90. The van der Waals surface area contributed by atoms with Crippen LogP contribution in [0.5, 0.6) is 0 Å². The number of allylic oxidation sites excluding steroid dienone is 1. The second kappa shape index (κ2) is 16.3. The van der Waals surface area contributed by atoms with Gasteiger partial charge in [0.1, 0.15) is 18.2 Å². The van der Waals surface area contributed by atoms with Gasteiger partial charge in [0.25, 0.3) is 0 Å². The molecule has 1 aliphatic rings. The molecule has 8 nitrogen and oxygen atoms in total. The predicted molar refractivity (Wildman–Crippen MR) is 179 cm³/mol. The maximum Gasteiger partial charge on any atom is 0.416 e. The van der Waals surface area contributed by atoms with Gasteiger partial charge in [0.15, 0.2) is 15.6 Å². The van der Waals surface area contributed by atoms with Crippen molar-refractivity contribution in [3.8, 4) is 0 Å². The van der Waals surface area contributed by atoms with Crippen LogP contribution >= 0.6 is 0 Å². The van der Waals surface area contributed by atoms with Crippen LogP contribution in [0.4, 0.5) is 19.0 Å². The van der Waals surface area contributed by atoms with Gasteiger partial charge in [-0.25, -0.2) is 18.4 Å². The molecule has 1 unspecified atom stereocenters. The molecule has 1 fully saturated rings. The number of halogens is 3. The van der Waals surface area contributed by atoms with Crippen LogP contribution in [-0.4, -0.2) is 56.2 Å². The van der Waals surface area contributed by atoms with Crippen LogP contribution in [0.2, 0.25) is 0 Å². The first-order valence-corrected chi connectivity index (χ1v) is 17.9. The van der Waals surface area contributed by atoms with Crippen molar-refractivity contribution in [2.24, 2.45) is 16.6 Å². The van der Waals surface area contributed by atoms with Gasteiger partial charge in [-0.2, -0.15) is 13.2 Å². The Morgan fingerprint density at radius 3 is 2.50 bits per heavy atom. The van der Waals surface area contributed by atoms with E-state index in [4.69, 9.17) is 15.5 Å². The highest BCUT2D eigenvalue weighted by atomic mass is 32.2. The van der Waals surface area contributed by atoms with E-state index in [1.807, 2.05) is 24.0 Å². The number of aryl methyl sites for hydroxylation is 2. The third kappa shape index (κ3) is 10.8. The topological polar surface area (TPSA) is 101 Å². The van der Waals surface area contributed by atoms with Crippen molar-refractivity contribution in [3.63, 3.8) is 0 Å². The van der Waals surface area contributed by atoms with Gasteiger partial charge in [-0.1, -0.05) is 44.0 Å². The van der Waals surface area contributed by atoms with Crippen molar-refractivity contribution < 1.29 is 26.3 Å². The van der Waals surface area contributed by atoms with E-state index in [-0.39, 0.29) is 30.5 Å². The second-order valence-corrected chi connectivity index (χ2v) is 14.2. The molecule has 1 saturated carbocycles. The Kier molecular flexibility index (Phi) is 13.1. The molecule has 0 amide bonds. The Bertz CT molecular complexity index is 1500. The van der Waals surface area contributed by atoms with Crippen LogP contribution < -0.4 is 10.6 Å². The summed E-state index contributed by atoms with van der Waals surface area (Å²) in [5.41, 5.74) is 7.79. The molecule has 2 aromatic rings. The number of benzene rings is 1. The molecule has 1 heterocycles. The Hall–Kier alpha value is -3.54. The Labute approximate surface area is 272 Å². The summed E-state index contributed by atoms with van der Waals surface area (Å²) in [5, 5.41) is 0. The quantitative estimate of drug-likeness (QED) is 0.153. The number of hydrogen-bond donors (Lipinski definition) is 1. The molecule has 1 aromatic carbocycles.